The summed E-state index contributed by atoms with van der Waals surface area (Å²) in [6, 6.07) is 3.55. The van der Waals surface area contributed by atoms with Gasteiger partial charge in [-0.2, -0.15) is 0 Å². The molecule has 1 amide bonds. The first-order valence-electron chi connectivity index (χ1n) is 8.30. The van der Waals surface area contributed by atoms with Crippen LogP contribution in [-0.2, 0) is 9.53 Å². The summed E-state index contributed by atoms with van der Waals surface area (Å²) >= 11 is 0. The van der Waals surface area contributed by atoms with Crippen LogP contribution in [0.15, 0.2) is 18.2 Å². The maximum atomic E-state index is 12.0. The highest BCUT2D eigenvalue weighted by Gasteiger charge is 2.28. The monoisotopic (exact) mass is 349 g/mol. The highest BCUT2D eigenvalue weighted by molar-refractivity contribution is 5.96. The first-order valence-corrected chi connectivity index (χ1v) is 8.30. The Morgan fingerprint density at radius 1 is 1.36 bits per heavy atom. The number of hydrogen-bond acceptors (Lipinski definition) is 6. The molecule has 0 aliphatic heterocycles. The van der Waals surface area contributed by atoms with E-state index in [1.54, 1.807) is 0 Å². The van der Waals surface area contributed by atoms with E-state index in [0.717, 1.165) is 31.4 Å². The molecule has 1 aliphatic rings. The predicted octanol–water partition coefficient (Wildman–Crippen LogP) is 2.27. The van der Waals surface area contributed by atoms with Crippen LogP contribution in [0.1, 0.15) is 43.5 Å². The Bertz CT molecular complexity index is 676. The number of nitrogens with zero attached hydrogens (tertiary/aromatic N) is 1. The number of nitrogens with two attached hydrogens (primary N) is 1. The number of nitro groups is 1. The van der Waals surface area contributed by atoms with Crippen molar-refractivity contribution in [2.75, 3.05) is 12.3 Å². The second-order valence-electron chi connectivity index (χ2n) is 6.55. The van der Waals surface area contributed by atoms with Gasteiger partial charge in [-0.15, -0.1) is 0 Å². The third kappa shape index (κ3) is 4.68. The Labute approximate surface area is 145 Å². The van der Waals surface area contributed by atoms with Crippen molar-refractivity contribution >= 4 is 23.3 Å². The van der Waals surface area contributed by atoms with Gasteiger partial charge in [0.1, 0.15) is 0 Å². The molecule has 0 heterocycles. The number of rotatable bonds is 5. The molecular formula is C17H23N3O5. The number of non-ortho nitro benzene ring substituents is 1. The maximum absolute atomic E-state index is 12.0. The number of amides is 1. The van der Waals surface area contributed by atoms with Gasteiger partial charge in [-0.25, -0.2) is 4.79 Å². The van der Waals surface area contributed by atoms with E-state index in [2.05, 4.69) is 19.2 Å². The van der Waals surface area contributed by atoms with E-state index in [1.165, 1.54) is 6.07 Å². The van der Waals surface area contributed by atoms with Crippen molar-refractivity contribution in [1.82, 2.24) is 5.32 Å². The minimum atomic E-state index is -0.785. The van der Waals surface area contributed by atoms with E-state index < -0.39 is 17.5 Å². The molecule has 0 unspecified atom stereocenters. The van der Waals surface area contributed by atoms with Crippen LogP contribution in [0.2, 0.25) is 0 Å². The van der Waals surface area contributed by atoms with Crippen molar-refractivity contribution in [2.24, 2.45) is 11.8 Å². The summed E-state index contributed by atoms with van der Waals surface area (Å²) in [6.45, 7) is 3.87. The fourth-order valence-corrected chi connectivity index (χ4v) is 3.09. The Hall–Kier alpha value is -2.64. The molecule has 1 aliphatic carbocycles. The summed E-state index contributed by atoms with van der Waals surface area (Å²) in [4.78, 5) is 34.1. The number of nitrogens with one attached hydrogen (secondary N) is 1. The Balaban J connectivity index is 1.89. The lowest BCUT2D eigenvalue weighted by atomic mass is 9.78. The third-order valence-corrected chi connectivity index (χ3v) is 4.85. The van der Waals surface area contributed by atoms with Crippen molar-refractivity contribution in [3.63, 3.8) is 0 Å². The van der Waals surface area contributed by atoms with Crippen molar-refractivity contribution < 1.29 is 19.2 Å². The number of hydrogen-bond donors (Lipinski definition) is 2. The molecule has 1 aromatic carbocycles. The maximum Gasteiger partial charge on any atom is 0.340 e. The van der Waals surface area contributed by atoms with E-state index in [-0.39, 0.29) is 28.9 Å². The summed E-state index contributed by atoms with van der Waals surface area (Å²) in [5.74, 6) is -0.229. The second kappa shape index (κ2) is 7.96. The molecule has 0 saturated heterocycles. The SMILES string of the molecule is C[C@@H]1[C@H](C)CCC[C@@H]1NC(=O)COC(=O)c1ccc([N+](=O)[O-])cc1N. The predicted molar refractivity (Wildman–Crippen MR) is 91.9 cm³/mol. The standard InChI is InChI=1S/C17H23N3O5/c1-10-4-3-5-15(11(10)2)19-16(21)9-25-17(22)13-7-6-12(20(23)24)8-14(13)18/h6-8,10-11,15H,3-5,9,18H2,1-2H3,(H,19,21)/t10-,11-,15+/m1/s1. The fourth-order valence-electron chi connectivity index (χ4n) is 3.09. The Morgan fingerprint density at radius 2 is 2.08 bits per heavy atom. The van der Waals surface area contributed by atoms with Gasteiger partial charge in [0, 0.05) is 18.2 Å². The molecule has 1 saturated carbocycles. The zero-order valence-corrected chi connectivity index (χ0v) is 14.4. The molecule has 0 bridgehead atoms. The molecular weight excluding hydrogens is 326 g/mol. The van der Waals surface area contributed by atoms with Crippen molar-refractivity contribution in [2.45, 2.75) is 39.2 Å². The molecule has 1 aromatic rings. The van der Waals surface area contributed by atoms with Gasteiger partial charge in [-0.1, -0.05) is 26.7 Å². The number of anilines is 1. The molecule has 136 valence electrons. The number of nitrogen functional groups attached to an aromatic ring is 1. The van der Waals surface area contributed by atoms with Crippen LogP contribution >= 0.6 is 0 Å². The zero-order valence-electron chi connectivity index (χ0n) is 14.4. The molecule has 25 heavy (non-hydrogen) atoms. The molecule has 0 spiro atoms. The van der Waals surface area contributed by atoms with Gasteiger partial charge in [-0.3, -0.25) is 14.9 Å². The summed E-state index contributed by atoms with van der Waals surface area (Å²) in [5.41, 5.74) is 5.37. The van der Waals surface area contributed by atoms with Crippen LogP contribution in [0.25, 0.3) is 0 Å². The van der Waals surface area contributed by atoms with Gasteiger partial charge in [0.2, 0.25) is 0 Å². The van der Waals surface area contributed by atoms with Gasteiger partial charge >= 0.3 is 5.97 Å². The van der Waals surface area contributed by atoms with Gasteiger partial charge in [-0.05, 0) is 24.3 Å². The summed E-state index contributed by atoms with van der Waals surface area (Å²) in [6.07, 6.45) is 3.14. The van der Waals surface area contributed by atoms with Gasteiger partial charge in [0.05, 0.1) is 16.2 Å². The van der Waals surface area contributed by atoms with E-state index in [0.29, 0.717) is 11.8 Å². The van der Waals surface area contributed by atoms with E-state index in [9.17, 15) is 19.7 Å². The lowest BCUT2D eigenvalue weighted by Gasteiger charge is -2.34. The molecule has 2 rings (SSSR count). The normalized spacial score (nSPS) is 22.9. The average molecular weight is 349 g/mol. The van der Waals surface area contributed by atoms with Crippen LogP contribution in [0.4, 0.5) is 11.4 Å². The summed E-state index contributed by atoms with van der Waals surface area (Å²) in [7, 11) is 0. The number of benzene rings is 1. The van der Waals surface area contributed by atoms with Crippen LogP contribution in [0.5, 0.6) is 0 Å². The van der Waals surface area contributed by atoms with Gasteiger partial charge < -0.3 is 15.8 Å². The largest absolute Gasteiger partial charge is 0.452 e. The van der Waals surface area contributed by atoms with Crippen LogP contribution in [0, 0.1) is 22.0 Å². The number of carbonyl (C=O) groups is 2. The molecule has 8 heteroatoms. The van der Waals surface area contributed by atoms with E-state index in [1.807, 2.05) is 0 Å². The molecule has 3 atom stereocenters. The number of esters is 1. The minimum Gasteiger partial charge on any atom is -0.452 e. The van der Waals surface area contributed by atoms with Gasteiger partial charge in [0.25, 0.3) is 11.6 Å². The van der Waals surface area contributed by atoms with Crippen molar-refractivity contribution in [1.29, 1.82) is 0 Å². The smallest absolute Gasteiger partial charge is 0.340 e. The molecule has 8 nitrogen and oxygen atoms in total. The van der Waals surface area contributed by atoms with Crippen LogP contribution < -0.4 is 11.1 Å². The highest BCUT2D eigenvalue weighted by Crippen LogP contribution is 2.29. The van der Waals surface area contributed by atoms with Crippen molar-refractivity contribution in [3.05, 3.63) is 33.9 Å². The quantitative estimate of drug-likeness (QED) is 0.364. The molecule has 0 aromatic heterocycles. The first-order chi connectivity index (χ1) is 11.8. The summed E-state index contributed by atoms with van der Waals surface area (Å²) in [5, 5.41) is 13.6. The van der Waals surface area contributed by atoms with E-state index in [4.69, 9.17) is 10.5 Å². The molecule has 1 fully saturated rings. The summed E-state index contributed by atoms with van der Waals surface area (Å²) < 4.78 is 4.97. The Kier molecular flexibility index (Phi) is 5.95. The van der Waals surface area contributed by atoms with Gasteiger partial charge in [0.15, 0.2) is 6.61 Å². The lowest BCUT2D eigenvalue weighted by molar-refractivity contribution is -0.384. The highest BCUT2D eigenvalue weighted by atomic mass is 16.6. The average Bonchev–Trinajstić information content (AvgIpc) is 2.56. The third-order valence-electron chi connectivity index (χ3n) is 4.85. The van der Waals surface area contributed by atoms with Crippen LogP contribution in [0.3, 0.4) is 0 Å². The lowest BCUT2D eigenvalue weighted by Crippen LogP contribution is -2.45. The minimum absolute atomic E-state index is 0.00180. The second-order valence-corrected chi connectivity index (χ2v) is 6.55. The van der Waals surface area contributed by atoms with Crippen LogP contribution in [-0.4, -0.2) is 29.4 Å². The number of ether oxygens (including phenoxy) is 1. The number of nitro benzene ring substituents is 1. The molecule has 3 N–H and O–H groups in total. The zero-order chi connectivity index (χ0) is 18.6. The fraction of sp³-hybridized carbons (Fsp3) is 0.529. The van der Waals surface area contributed by atoms with E-state index >= 15 is 0 Å². The first kappa shape index (κ1) is 18.7. The van der Waals surface area contributed by atoms with Crippen molar-refractivity contribution in [3.8, 4) is 0 Å². The molecule has 0 radical (unpaired) electrons. The topological polar surface area (TPSA) is 125 Å². The Morgan fingerprint density at radius 3 is 2.72 bits per heavy atom. The number of carbonyl (C=O) groups excluding carboxylic acids is 2.